The van der Waals surface area contributed by atoms with Gasteiger partial charge in [-0.1, -0.05) is 0 Å². The molecule has 8 N–H and O–H groups in total. The first-order chi connectivity index (χ1) is 9.83. The highest BCUT2D eigenvalue weighted by atomic mass is 16.7. The summed E-state index contributed by atoms with van der Waals surface area (Å²) in [5, 5.41) is 74.4. The second-order valence-electron chi connectivity index (χ2n) is 4.84. The molecule has 0 aromatic heterocycles. The predicted molar refractivity (Wildman–Crippen MR) is 64.8 cm³/mol. The molecular formula is C11H22O10. The summed E-state index contributed by atoms with van der Waals surface area (Å²) in [6.07, 6.45) is -12.2. The zero-order valence-corrected chi connectivity index (χ0v) is 11.1. The van der Waals surface area contributed by atoms with Crippen molar-refractivity contribution < 1.29 is 50.3 Å². The largest absolute Gasteiger partial charge is 0.394 e. The maximum atomic E-state index is 9.65. The van der Waals surface area contributed by atoms with Gasteiger partial charge in [-0.15, -0.1) is 0 Å². The van der Waals surface area contributed by atoms with Crippen LogP contribution in [-0.4, -0.2) is 110 Å². The lowest BCUT2D eigenvalue weighted by Crippen LogP contribution is -2.59. The minimum Gasteiger partial charge on any atom is -0.394 e. The highest BCUT2D eigenvalue weighted by Gasteiger charge is 2.44. The van der Waals surface area contributed by atoms with E-state index in [4.69, 9.17) is 24.8 Å². The van der Waals surface area contributed by atoms with E-state index in [0.717, 1.165) is 0 Å². The van der Waals surface area contributed by atoms with Crippen LogP contribution < -0.4 is 0 Å². The Labute approximate surface area is 120 Å². The molecule has 1 saturated heterocycles. The molecule has 0 unspecified atom stereocenters. The number of hydrogen-bond acceptors (Lipinski definition) is 10. The molecule has 0 amide bonds. The van der Waals surface area contributed by atoms with Crippen LogP contribution in [0, 0.1) is 0 Å². The molecule has 1 aliphatic heterocycles. The number of rotatable bonds is 7. The van der Waals surface area contributed by atoms with Crippen molar-refractivity contribution >= 4 is 0 Å². The van der Waals surface area contributed by atoms with Gasteiger partial charge in [0.05, 0.1) is 19.8 Å². The van der Waals surface area contributed by atoms with E-state index < -0.39 is 68.8 Å². The molecule has 0 aromatic rings. The van der Waals surface area contributed by atoms with Gasteiger partial charge in [0.2, 0.25) is 0 Å². The van der Waals surface area contributed by atoms with E-state index in [-0.39, 0.29) is 0 Å². The fourth-order valence-corrected chi connectivity index (χ4v) is 1.86. The lowest BCUT2D eigenvalue weighted by Gasteiger charge is -2.40. The molecule has 0 saturated carbocycles. The van der Waals surface area contributed by atoms with Crippen LogP contribution in [0.2, 0.25) is 0 Å². The third kappa shape index (κ3) is 4.53. The maximum absolute atomic E-state index is 9.65. The summed E-state index contributed by atoms with van der Waals surface area (Å²) < 4.78 is 9.98. The standard InChI is InChI=1S/C11H22O10/c12-1-4(14)7(16)5(15)3-20-11-10(19)9(18)8(17)6(2-13)21-11/h4-19H,1-3H2/t4-,5+,6-,7+,8+,9+,10-,11-/m1/s1. The molecule has 10 heteroatoms. The number of aliphatic hydroxyl groups is 8. The predicted octanol–water partition coefficient (Wildman–Crippen LogP) is -5.12. The van der Waals surface area contributed by atoms with Gasteiger partial charge in [-0.2, -0.15) is 0 Å². The smallest absolute Gasteiger partial charge is 0.186 e. The summed E-state index contributed by atoms with van der Waals surface area (Å²) in [6, 6.07) is 0. The van der Waals surface area contributed by atoms with Gasteiger partial charge in [0, 0.05) is 0 Å². The molecule has 1 aliphatic rings. The van der Waals surface area contributed by atoms with E-state index in [1.807, 2.05) is 0 Å². The zero-order chi connectivity index (χ0) is 16.2. The summed E-state index contributed by atoms with van der Waals surface area (Å²) in [4.78, 5) is 0. The Balaban J connectivity index is 2.53. The van der Waals surface area contributed by atoms with Crippen molar-refractivity contribution in [3.8, 4) is 0 Å². The van der Waals surface area contributed by atoms with Gasteiger partial charge >= 0.3 is 0 Å². The van der Waals surface area contributed by atoms with Crippen LogP contribution in [0.1, 0.15) is 0 Å². The van der Waals surface area contributed by atoms with Crippen molar-refractivity contribution in [3.05, 3.63) is 0 Å². The first-order valence-electron chi connectivity index (χ1n) is 6.40. The van der Waals surface area contributed by atoms with E-state index >= 15 is 0 Å². The fraction of sp³-hybridized carbons (Fsp3) is 1.00. The average Bonchev–Trinajstić information content (AvgIpc) is 2.50. The Bertz CT molecular complexity index is 301. The summed E-state index contributed by atoms with van der Waals surface area (Å²) in [5.74, 6) is 0. The molecule has 1 heterocycles. The molecule has 0 radical (unpaired) electrons. The molecule has 0 aromatic carbocycles. The fourth-order valence-electron chi connectivity index (χ4n) is 1.86. The minimum atomic E-state index is -1.68. The molecule has 1 fully saturated rings. The first kappa shape index (κ1) is 18.6. The summed E-state index contributed by atoms with van der Waals surface area (Å²) in [6.45, 7) is -1.97. The molecule has 0 spiro atoms. The Morgan fingerprint density at radius 1 is 0.905 bits per heavy atom. The van der Waals surface area contributed by atoms with Crippen LogP contribution in [0.5, 0.6) is 0 Å². The highest BCUT2D eigenvalue weighted by molar-refractivity contribution is 4.89. The molecular weight excluding hydrogens is 292 g/mol. The van der Waals surface area contributed by atoms with Crippen molar-refractivity contribution in [1.29, 1.82) is 0 Å². The Morgan fingerprint density at radius 3 is 2.05 bits per heavy atom. The van der Waals surface area contributed by atoms with Gasteiger partial charge < -0.3 is 50.3 Å². The van der Waals surface area contributed by atoms with E-state index in [0.29, 0.717) is 0 Å². The van der Waals surface area contributed by atoms with Crippen molar-refractivity contribution in [3.63, 3.8) is 0 Å². The highest BCUT2D eigenvalue weighted by Crippen LogP contribution is 2.22. The number of hydrogen-bond donors (Lipinski definition) is 8. The second-order valence-corrected chi connectivity index (χ2v) is 4.84. The Morgan fingerprint density at radius 2 is 1.52 bits per heavy atom. The maximum Gasteiger partial charge on any atom is 0.186 e. The molecule has 1 rings (SSSR count). The molecule has 8 atom stereocenters. The van der Waals surface area contributed by atoms with E-state index in [1.54, 1.807) is 0 Å². The molecule has 0 aliphatic carbocycles. The molecule has 10 nitrogen and oxygen atoms in total. The first-order valence-corrected chi connectivity index (χ1v) is 6.40. The lowest BCUT2D eigenvalue weighted by molar-refractivity contribution is -0.306. The molecule has 126 valence electrons. The van der Waals surface area contributed by atoms with Crippen LogP contribution in [0.3, 0.4) is 0 Å². The van der Waals surface area contributed by atoms with Gasteiger partial charge in [0.15, 0.2) is 6.29 Å². The molecule has 21 heavy (non-hydrogen) atoms. The quantitative estimate of drug-likeness (QED) is 0.226. The van der Waals surface area contributed by atoms with Crippen molar-refractivity contribution in [1.82, 2.24) is 0 Å². The third-order valence-corrected chi connectivity index (χ3v) is 3.26. The summed E-state index contributed by atoms with van der Waals surface area (Å²) in [5.41, 5.74) is 0. The van der Waals surface area contributed by atoms with Crippen LogP contribution >= 0.6 is 0 Å². The number of aliphatic hydroxyl groups excluding tert-OH is 8. The van der Waals surface area contributed by atoms with E-state index in [1.165, 1.54) is 0 Å². The zero-order valence-electron chi connectivity index (χ0n) is 11.1. The van der Waals surface area contributed by atoms with Crippen LogP contribution in [-0.2, 0) is 9.47 Å². The van der Waals surface area contributed by atoms with Crippen molar-refractivity contribution in [2.75, 3.05) is 19.8 Å². The summed E-state index contributed by atoms with van der Waals surface area (Å²) >= 11 is 0. The number of ether oxygens (including phenoxy) is 2. The normalized spacial score (nSPS) is 38.0. The van der Waals surface area contributed by atoms with Gasteiger partial charge in [0.1, 0.15) is 42.7 Å². The minimum absolute atomic E-state index is 0.582. The van der Waals surface area contributed by atoms with E-state index in [9.17, 15) is 25.5 Å². The van der Waals surface area contributed by atoms with Crippen molar-refractivity contribution in [2.45, 2.75) is 49.0 Å². The topological polar surface area (TPSA) is 180 Å². The second kappa shape index (κ2) is 8.29. The molecule has 0 bridgehead atoms. The van der Waals surface area contributed by atoms with Gasteiger partial charge in [-0.05, 0) is 0 Å². The Kier molecular flexibility index (Phi) is 7.36. The van der Waals surface area contributed by atoms with Gasteiger partial charge in [-0.3, -0.25) is 0 Å². The third-order valence-electron chi connectivity index (χ3n) is 3.26. The average molecular weight is 314 g/mol. The van der Waals surface area contributed by atoms with Gasteiger partial charge in [0.25, 0.3) is 0 Å². The van der Waals surface area contributed by atoms with E-state index in [2.05, 4.69) is 0 Å². The van der Waals surface area contributed by atoms with Gasteiger partial charge in [-0.25, -0.2) is 0 Å². The Hall–Kier alpha value is -0.400. The monoisotopic (exact) mass is 314 g/mol. The van der Waals surface area contributed by atoms with Crippen LogP contribution in [0.25, 0.3) is 0 Å². The lowest BCUT2D eigenvalue weighted by atomic mass is 9.99. The SMILES string of the molecule is OC[C@@H](O)[C@H](O)[C@@H](O)CO[C@@H]1O[C@H](CO)[C@H](O)[C@H](O)[C@H]1O. The van der Waals surface area contributed by atoms with Crippen LogP contribution in [0.15, 0.2) is 0 Å². The van der Waals surface area contributed by atoms with Crippen molar-refractivity contribution in [2.24, 2.45) is 0 Å². The van der Waals surface area contributed by atoms with Crippen LogP contribution in [0.4, 0.5) is 0 Å². The summed E-state index contributed by atoms with van der Waals surface area (Å²) in [7, 11) is 0.